The summed E-state index contributed by atoms with van der Waals surface area (Å²) in [6.45, 7) is -0.927. The predicted octanol–water partition coefficient (Wildman–Crippen LogP) is 1.48. The van der Waals surface area contributed by atoms with E-state index in [1.807, 2.05) is 0 Å². The number of imidazole rings is 1. The number of likely N-dealkylation sites (tertiary alicyclic amines) is 2. The number of carbonyl (C=O) groups excluding carboxylic acids is 2. The second-order valence-electron chi connectivity index (χ2n) is 5.95. The van der Waals surface area contributed by atoms with Gasteiger partial charge in [0.25, 0.3) is 0 Å². The molecule has 3 heterocycles. The summed E-state index contributed by atoms with van der Waals surface area (Å²) in [6.07, 6.45) is 0.228. The SMILES string of the molecule is O=C1C[C@@H](C(=O)N2CCC[C@@H]2c2ncc[nH]2)CN1CC(F)(F)F. The Morgan fingerprint density at radius 3 is 2.87 bits per heavy atom. The third-order valence-electron chi connectivity index (χ3n) is 4.30. The van der Waals surface area contributed by atoms with Crippen molar-refractivity contribution >= 4 is 11.8 Å². The summed E-state index contributed by atoms with van der Waals surface area (Å²) >= 11 is 0. The fraction of sp³-hybridized carbons (Fsp3) is 0.643. The van der Waals surface area contributed by atoms with Crippen molar-refractivity contribution in [3.05, 3.63) is 18.2 Å². The van der Waals surface area contributed by atoms with Crippen LogP contribution in [0.25, 0.3) is 0 Å². The van der Waals surface area contributed by atoms with Gasteiger partial charge in [-0.15, -0.1) is 0 Å². The molecule has 1 N–H and O–H groups in total. The summed E-state index contributed by atoms with van der Waals surface area (Å²) in [5, 5.41) is 0. The van der Waals surface area contributed by atoms with Gasteiger partial charge in [-0.05, 0) is 12.8 Å². The molecule has 1 aromatic rings. The van der Waals surface area contributed by atoms with Crippen molar-refractivity contribution in [1.82, 2.24) is 19.8 Å². The number of rotatable bonds is 3. The van der Waals surface area contributed by atoms with Gasteiger partial charge in [0.15, 0.2) is 0 Å². The normalized spacial score (nSPS) is 25.4. The molecule has 3 rings (SSSR count). The molecule has 0 aliphatic carbocycles. The zero-order valence-corrected chi connectivity index (χ0v) is 12.3. The van der Waals surface area contributed by atoms with E-state index in [1.54, 1.807) is 17.3 Å². The minimum Gasteiger partial charge on any atom is -0.347 e. The Kier molecular flexibility index (Phi) is 4.03. The largest absolute Gasteiger partial charge is 0.406 e. The molecule has 2 aliphatic heterocycles. The zero-order valence-electron chi connectivity index (χ0n) is 12.3. The van der Waals surface area contributed by atoms with Gasteiger partial charge in [0.05, 0.1) is 12.0 Å². The molecule has 126 valence electrons. The lowest BCUT2D eigenvalue weighted by Crippen LogP contribution is -2.39. The molecule has 2 atom stereocenters. The number of hydrogen-bond acceptors (Lipinski definition) is 3. The number of nitrogens with zero attached hydrogens (tertiary/aromatic N) is 3. The number of halogens is 3. The number of H-pyrrole nitrogens is 1. The second kappa shape index (κ2) is 5.86. The molecule has 2 saturated heterocycles. The van der Waals surface area contributed by atoms with Crippen LogP contribution in [0, 0.1) is 5.92 Å². The van der Waals surface area contributed by atoms with Gasteiger partial charge in [-0.25, -0.2) is 4.98 Å². The Morgan fingerprint density at radius 2 is 2.22 bits per heavy atom. The summed E-state index contributed by atoms with van der Waals surface area (Å²) in [4.78, 5) is 33.9. The third-order valence-corrected chi connectivity index (χ3v) is 4.30. The smallest absolute Gasteiger partial charge is 0.347 e. The lowest BCUT2D eigenvalue weighted by molar-refractivity contribution is -0.157. The van der Waals surface area contributed by atoms with Gasteiger partial charge in [-0.2, -0.15) is 13.2 Å². The van der Waals surface area contributed by atoms with Crippen LogP contribution in [0.1, 0.15) is 31.1 Å². The molecule has 2 aliphatic rings. The maximum Gasteiger partial charge on any atom is 0.406 e. The number of amides is 2. The molecule has 2 amide bonds. The summed E-state index contributed by atoms with van der Waals surface area (Å²) in [5.41, 5.74) is 0. The first-order valence-corrected chi connectivity index (χ1v) is 7.49. The maximum atomic E-state index is 12.6. The Balaban J connectivity index is 1.68. The highest BCUT2D eigenvalue weighted by molar-refractivity contribution is 5.89. The number of hydrogen-bond donors (Lipinski definition) is 1. The van der Waals surface area contributed by atoms with Crippen molar-refractivity contribution in [2.75, 3.05) is 19.6 Å². The van der Waals surface area contributed by atoms with E-state index in [2.05, 4.69) is 9.97 Å². The monoisotopic (exact) mass is 330 g/mol. The van der Waals surface area contributed by atoms with Crippen LogP contribution in [0.5, 0.6) is 0 Å². The van der Waals surface area contributed by atoms with Crippen molar-refractivity contribution in [3.63, 3.8) is 0 Å². The van der Waals surface area contributed by atoms with Crippen LogP contribution >= 0.6 is 0 Å². The van der Waals surface area contributed by atoms with Gasteiger partial charge in [-0.1, -0.05) is 0 Å². The molecule has 0 unspecified atom stereocenters. The van der Waals surface area contributed by atoms with E-state index in [0.717, 1.165) is 17.7 Å². The van der Waals surface area contributed by atoms with Crippen LogP contribution in [0.4, 0.5) is 13.2 Å². The topological polar surface area (TPSA) is 69.3 Å². The van der Waals surface area contributed by atoms with E-state index in [0.29, 0.717) is 12.4 Å². The minimum atomic E-state index is -4.45. The van der Waals surface area contributed by atoms with Crippen LogP contribution in [0.15, 0.2) is 12.4 Å². The Bertz CT molecular complexity index is 587. The summed E-state index contributed by atoms with van der Waals surface area (Å²) in [7, 11) is 0. The molecular weight excluding hydrogens is 313 g/mol. The van der Waals surface area contributed by atoms with Gasteiger partial charge in [-0.3, -0.25) is 9.59 Å². The quantitative estimate of drug-likeness (QED) is 0.913. The van der Waals surface area contributed by atoms with Crippen molar-refractivity contribution in [1.29, 1.82) is 0 Å². The molecule has 1 aromatic heterocycles. The van der Waals surface area contributed by atoms with Crippen molar-refractivity contribution in [2.24, 2.45) is 5.92 Å². The Hall–Kier alpha value is -2.06. The van der Waals surface area contributed by atoms with Gasteiger partial charge in [0, 0.05) is 31.9 Å². The maximum absolute atomic E-state index is 12.6. The first-order valence-electron chi connectivity index (χ1n) is 7.49. The van der Waals surface area contributed by atoms with Crippen molar-refractivity contribution in [3.8, 4) is 0 Å². The Labute approximate surface area is 130 Å². The van der Waals surface area contributed by atoms with Gasteiger partial charge < -0.3 is 14.8 Å². The van der Waals surface area contributed by atoms with Crippen LogP contribution in [0.2, 0.25) is 0 Å². The molecule has 0 radical (unpaired) electrons. The molecule has 0 spiro atoms. The van der Waals surface area contributed by atoms with Crippen LogP contribution in [-0.4, -0.2) is 57.4 Å². The highest BCUT2D eigenvalue weighted by Crippen LogP contribution is 2.33. The van der Waals surface area contributed by atoms with E-state index in [4.69, 9.17) is 0 Å². The summed E-state index contributed by atoms with van der Waals surface area (Å²) in [5.74, 6) is -0.913. The number of aromatic nitrogens is 2. The van der Waals surface area contributed by atoms with Crippen LogP contribution in [0.3, 0.4) is 0 Å². The zero-order chi connectivity index (χ0) is 16.6. The first-order chi connectivity index (χ1) is 10.8. The fourth-order valence-corrected chi connectivity index (χ4v) is 3.32. The minimum absolute atomic E-state index is 0.156. The molecule has 2 fully saturated rings. The van der Waals surface area contributed by atoms with E-state index in [9.17, 15) is 22.8 Å². The number of aromatic amines is 1. The van der Waals surface area contributed by atoms with Crippen molar-refractivity contribution < 1.29 is 22.8 Å². The van der Waals surface area contributed by atoms with E-state index in [1.165, 1.54) is 0 Å². The van der Waals surface area contributed by atoms with E-state index in [-0.39, 0.29) is 24.9 Å². The number of nitrogens with one attached hydrogen (secondary N) is 1. The van der Waals surface area contributed by atoms with Gasteiger partial charge >= 0.3 is 6.18 Å². The summed E-state index contributed by atoms with van der Waals surface area (Å²) in [6, 6.07) is -0.190. The lowest BCUT2D eigenvalue weighted by Gasteiger charge is -2.26. The second-order valence-corrected chi connectivity index (χ2v) is 5.95. The molecule has 9 heteroatoms. The third kappa shape index (κ3) is 3.32. The molecule has 6 nitrogen and oxygen atoms in total. The summed E-state index contributed by atoms with van der Waals surface area (Å²) < 4.78 is 37.4. The standard InChI is InChI=1S/C14H17F3N4O2/c15-14(16,17)8-20-7-9(6-11(20)22)13(23)21-5-1-2-10(21)12-18-3-4-19-12/h3-4,9-10H,1-2,5-8H2,(H,18,19)/t9-,10-/m1/s1. The van der Waals surface area contributed by atoms with Crippen molar-refractivity contribution in [2.45, 2.75) is 31.5 Å². The van der Waals surface area contributed by atoms with E-state index >= 15 is 0 Å². The fourth-order valence-electron chi connectivity index (χ4n) is 3.32. The lowest BCUT2D eigenvalue weighted by atomic mass is 10.1. The van der Waals surface area contributed by atoms with Gasteiger partial charge in [0.1, 0.15) is 12.4 Å². The van der Waals surface area contributed by atoms with Gasteiger partial charge in [0.2, 0.25) is 11.8 Å². The average Bonchev–Trinajstić information content (AvgIpc) is 3.16. The van der Waals surface area contributed by atoms with Crippen LogP contribution in [-0.2, 0) is 9.59 Å². The van der Waals surface area contributed by atoms with E-state index < -0.39 is 24.5 Å². The highest BCUT2D eigenvalue weighted by atomic mass is 19.4. The first kappa shape index (κ1) is 15.8. The van der Waals surface area contributed by atoms with Crippen LogP contribution < -0.4 is 0 Å². The number of carbonyl (C=O) groups is 2. The molecule has 0 bridgehead atoms. The molecule has 23 heavy (non-hydrogen) atoms. The average molecular weight is 330 g/mol. The number of alkyl halides is 3. The predicted molar refractivity (Wildman–Crippen MR) is 73.0 cm³/mol. The molecular formula is C14H17F3N4O2. The molecule has 0 aromatic carbocycles. The molecule has 0 saturated carbocycles. The highest BCUT2D eigenvalue weighted by Gasteiger charge is 2.43. The Morgan fingerprint density at radius 1 is 1.43 bits per heavy atom.